The van der Waals surface area contributed by atoms with E-state index < -0.39 is 10.0 Å². The molecule has 0 amide bonds. The zero-order valence-electron chi connectivity index (χ0n) is 12.2. The van der Waals surface area contributed by atoms with Crippen LogP contribution in [0.5, 0.6) is 0 Å². The number of aryl methyl sites for hydroxylation is 2. The highest BCUT2D eigenvalue weighted by atomic mass is 32.2. The molecule has 0 saturated carbocycles. The Labute approximate surface area is 135 Å². The van der Waals surface area contributed by atoms with E-state index in [1.165, 1.54) is 28.0 Å². The number of thiophene rings is 1. The molecule has 0 bridgehead atoms. The number of aromatic nitrogens is 1. The number of anilines is 1. The summed E-state index contributed by atoms with van der Waals surface area (Å²) in [6.45, 7) is 3.83. The van der Waals surface area contributed by atoms with Gasteiger partial charge in [0.1, 0.15) is 0 Å². The second-order valence-electron chi connectivity index (χ2n) is 4.99. The summed E-state index contributed by atoms with van der Waals surface area (Å²) >= 11 is 2.55. The molecule has 22 heavy (non-hydrogen) atoms. The Kier molecular flexibility index (Phi) is 3.62. The van der Waals surface area contributed by atoms with Gasteiger partial charge in [0.25, 0.3) is 10.0 Å². The fourth-order valence-corrected chi connectivity index (χ4v) is 5.12. The SMILES string of the molecule is Cc1scc(NS(=O)(=O)c2ccc3c(c2)sc(=O)n3C)c1C. The molecule has 2 aromatic heterocycles. The standard InChI is InChI=1S/C14H14N2O3S3/c1-8-9(2)20-7-11(8)15-22(18,19)10-4-5-12-13(6-10)21-14(17)16(12)3/h4-7,15H,1-3H3. The van der Waals surface area contributed by atoms with Crippen LogP contribution in [0.4, 0.5) is 5.69 Å². The normalized spacial score (nSPS) is 12.0. The molecule has 0 aliphatic heterocycles. The maximum Gasteiger partial charge on any atom is 0.307 e. The molecule has 0 unspecified atom stereocenters. The number of sulfonamides is 1. The molecule has 0 radical (unpaired) electrons. The van der Waals surface area contributed by atoms with Gasteiger partial charge in [0.15, 0.2) is 0 Å². The van der Waals surface area contributed by atoms with Crippen molar-refractivity contribution in [2.75, 3.05) is 4.72 Å². The molecule has 116 valence electrons. The van der Waals surface area contributed by atoms with E-state index in [0.717, 1.165) is 27.3 Å². The first-order valence-corrected chi connectivity index (χ1v) is 9.64. The van der Waals surface area contributed by atoms with Crippen LogP contribution in [-0.2, 0) is 17.1 Å². The van der Waals surface area contributed by atoms with E-state index in [9.17, 15) is 13.2 Å². The molecule has 0 atom stereocenters. The molecule has 5 nitrogen and oxygen atoms in total. The molecule has 3 aromatic rings. The van der Waals surface area contributed by atoms with E-state index in [2.05, 4.69) is 4.72 Å². The fraction of sp³-hybridized carbons (Fsp3) is 0.214. The predicted molar refractivity (Wildman–Crippen MR) is 91.7 cm³/mol. The highest BCUT2D eigenvalue weighted by Gasteiger charge is 2.18. The summed E-state index contributed by atoms with van der Waals surface area (Å²) < 4.78 is 29.8. The lowest BCUT2D eigenvalue weighted by Gasteiger charge is -2.08. The van der Waals surface area contributed by atoms with Crippen molar-refractivity contribution in [2.24, 2.45) is 7.05 Å². The van der Waals surface area contributed by atoms with Crippen LogP contribution in [0.1, 0.15) is 10.4 Å². The molecule has 0 fully saturated rings. The van der Waals surface area contributed by atoms with Gasteiger partial charge in [-0.25, -0.2) is 8.42 Å². The van der Waals surface area contributed by atoms with Gasteiger partial charge in [0.05, 0.1) is 20.8 Å². The van der Waals surface area contributed by atoms with Crippen molar-refractivity contribution in [3.8, 4) is 0 Å². The minimum absolute atomic E-state index is 0.109. The van der Waals surface area contributed by atoms with E-state index in [0.29, 0.717) is 10.4 Å². The minimum Gasteiger partial charge on any atom is -0.302 e. The number of rotatable bonds is 3. The zero-order valence-corrected chi connectivity index (χ0v) is 14.7. The highest BCUT2D eigenvalue weighted by molar-refractivity contribution is 7.92. The van der Waals surface area contributed by atoms with Gasteiger partial charge >= 0.3 is 4.87 Å². The molecular weight excluding hydrogens is 340 g/mol. The Hall–Kier alpha value is -1.64. The summed E-state index contributed by atoms with van der Waals surface area (Å²) in [5.74, 6) is 0. The number of nitrogens with zero attached hydrogens (tertiary/aromatic N) is 1. The van der Waals surface area contributed by atoms with Gasteiger partial charge in [-0.2, -0.15) is 0 Å². The van der Waals surface area contributed by atoms with Gasteiger partial charge in [-0.3, -0.25) is 9.52 Å². The molecule has 0 saturated heterocycles. The Morgan fingerprint density at radius 2 is 1.95 bits per heavy atom. The van der Waals surface area contributed by atoms with Crippen molar-refractivity contribution in [3.05, 3.63) is 43.7 Å². The van der Waals surface area contributed by atoms with Gasteiger partial charge in [0, 0.05) is 17.3 Å². The summed E-state index contributed by atoms with van der Waals surface area (Å²) in [5.41, 5.74) is 2.26. The number of hydrogen-bond acceptors (Lipinski definition) is 5. The summed E-state index contributed by atoms with van der Waals surface area (Å²) in [7, 11) is -1.99. The number of hydrogen-bond donors (Lipinski definition) is 1. The number of benzene rings is 1. The van der Waals surface area contributed by atoms with E-state index in [4.69, 9.17) is 0 Å². The maximum absolute atomic E-state index is 12.5. The van der Waals surface area contributed by atoms with Crippen LogP contribution in [0.2, 0.25) is 0 Å². The molecule has 1 N–H and O–H groups in total. The smallest absolute Gasteiger partial charge is 0.302 e. The van der Waals surface area contributed by atoms with E-state index in [1.54, 1.807) is 18.5 Å². The quantitative estimate of drug-likeness (QED) is 0.786. The third kappa shape index (κ3) is 2.47. The van der Waals surface area contributed by atoms with Gasteiger partial charge < -0.3 is 4.57 Å². The zero-order chi connectivity index (χ0) is 16.1. The lowest BCUT2D eigenvalue weighted by molar-refractivity contribution is 0.601. The predicted octanol–water partition coefficient (Wildman–Crippen LogP) is 3.08. The second-order valence-corrected chi connectivity index (χ2v) is 8.75. The van der Waals surface area contributed by atoms with Gasteiger partial charge in [-0.15, -0.1) is 11.3 Å². The van der Waals surface area contributed by atoms with Crippen molar-refractivity contribution in [3.63, 3.8) is 0 Å². The van der Waals surface area contributed by atoms with Crippen LogP contribution in [0.3, 0.4) is 0 Å². The first kappa shape index (κ1) is 15.3. The van der Waals surface area contributed by atoms with Crippen LogP contribution < -0.4 is 9.60 Å². The highest BCUT2D eigenvalue weighted by Crippen LogP contribution is 2.28. The molecule has 0 spiro atoms. The van der Waals surface area contributed by atoms with Crippen LogP contribution in [0, 0.1) is 13.8 Å². The summed E-state index contributed by atoms with van der Waals surface area (Å²) in [5, 5.41) is 1.79. The topological polar surface area (TPSA) is 68.2 Å². The minimum atomic E-state index is -3.67. The monoisotopic (exact) mass is 354 g/mol. The van der Waals surface area contributed by atoms with E-state index in [1.807, 2.05) is 13.8 Å². The molecule has 0 aliphatic carbocycles. The van der Waals surface area contributed by atoms with Gasteiger partial charge in [-0.05, 0) is 37.6 Å². The Morgan fingerprint density at radius 1 is 1.23 bits per heavy atom. The fourth-order valence-electron chi connectivity index (χ4n) is 2.10. The van der Waals surface area contributed by atoms with E-state index >= 15 is 0 Å². The third-order valence-electron chi connectivity index (χ3n) is 3.60. The van der Waals surface area contributed by atoms with Crippen LogP contribution >= 0.6 is 22.7 Å². The van der Waals surface area contributed by atoms with Crippen molar-refractivity contribution in [2.45, 2.75) is 18.7 Å². The van der Waals surface area contributed by atoms with Crippen molar-refractivity contribution in [1.82, 2.24) is 4.57 Å². The molecular formula is C14H14N2O3S3. The summed E-state index contributed by atoms with van der Waals surface area (Å²) in [4.78, 5) is 12.8. The molecule has 0 aliphatic rings. The lowest BCUT2D eigenvalue weighted by atomic mass is 10.3. The Balaban J connectivity index is 2.05. The van der Waals surface area contributed by atoms with Crippen molar-refractivity contribution >= 4 is 48.6 Å². The lowest BCUT2D eigenvalue weighted by Crippen LogP contribution is -2.13. The van der Waals surface area contributed by atoms with Gasteiger partial charge in [-0.1, -0.05) is 11.3 Å². The van der Waals surface area contributed by atoms with Gasteiger partial charge in [0.2, 0.25) is 0 Å². The average molecular weight is 354 g/mol. The van der Waals surface area contributed by atoms with Crippen LogP contribution in [0.15, 0.2) is 33.3 Å². The molecule has 8 heteroatoms. The van der Waals surface area contributed by atoms with Crippen molar-refractivity contribution < 1.29 is 8.42 Å². The van der Waals surface area contributed by atoms with Crippen LogP contribution in [0.25, 0.3) is 10.2 Å². The largest absolute Gasteiger partial charge is 0.307 e. The molecule has 3 rings (SSSR count). The number of fused-ring (bicyclic) bond motifs is 1. The average Bonchev–Trinajstić information content (AvgIpc) is 2.92. The number of nitrogens with one attached hydrogen (secondary N) is 1. The third-order valence-corrected chi connectivity index (χ3v) is 6.98. The summed E-state index contributed by atoms with van der Waals surface area (Å²) in [6, 6.07) is 4.72. The van der Waals surface area contributed by atoms with Crippen LogP contribution in [-0.4, -0.2) is 13.0 Å². The maximum atomic E-state index is 12.5. The first-order valence-electron chi connectivity index (χ1n) is 6.46. The Bertz CT molecular complexity index is 1030. The van der Waals surface area contributed by atoms with Crippen molar-refractivity contribution in [1.29, 1.82) is 0 Å². The first-order chi connectivity index (χ1) is 10.3. The van der Waals surface area contributed by atoms with E-state index in [-0.39, 0.29) is 9.77 Å². The second kappa shape index (κ2) is 5.22. The Morgan fingerprint density at radius 3 is 2.59 bits per heavy atom. The number of thiazole rings is 1. The molecule has 1 aromatic carbocycles. The summed E-state index contributed by atoms with van der Waals surface area (Å²) in [6.07, 6.45) is 0. The molecule has 2 heterocycles.